The highest BCUT2D eigenvalue weighted by atomic mass is 16.5. The Labute approximate surface area is 91.6 Å². The van der Waals surface area contributed by atoms with Crippen LogP contribution in [0.25, 0.3) is 0 Å². The molecule has 5 heteroatoms. The lowest BCUT2D eigenvalue weighted by Gasteiger charge is -2.27. The summed E-state index contributed by atoms with van der Waals surface area (Å²) in [6.07, 6.45) is -0.867. The van der Waals surface area contributed by atoms with Gasteiger partial charge in [-0.1, -0.05) is 13.8 Å². The van der Waals surface area contributed by atoms with E-state index in [0.717, 1.165) is 32.8 Å². The third-order valence-electron chi connectivity index (χ3n) is 2.18. The fourth-order valence-electron chi connectivity index (χ4n) is 1.21. The first-order valence-electron chi connectivity index (χ1n) is 5.44. The number of morpholine rings is 1. The van der Waals surface area contributed by atoms with Gasteiger partial charge in [0.1, 0.15) is 0 Å². The number of nitrogens with zero attached hydrogens (tertiary/aromatic N) is 2. The minimum atomic E-state index is -0.867. The highest BCUT2D eigenvalue weighted by Gasteiger charge is 2.12. The highest BCUT2D eigenvalue weighted by molar-refractivity contribution is 5.64. The maximum Gasteiger partial charge on any atom is 0.407 e. The third kappa shape index (κ3) is 6.30. The SMILES string of the molecule is CC.CN(CCN1CCOCC1)C(=O)O. The van der Waals surface area contributed by atoms with Gasteiger partial charge in [-0.05, 0) is 0 Å². The van der Waals surface area contributed by atoms with Gasteiger partial charge in [-0.2, -0.15) is 0 Å². The smallest absolute Gasteiger partial charge is 0.407 e. The number of amides is 1. The molecular weight excluding hydrogens is 196 g/mol. The van der Waals surface area contributed by atoms with Crippen molar-refractivity contribution in [1.29, 1.82) is 0 Å². The first kappa shape index (κ1) is 14.2. The fraction of sp³-hybridized carbons (Fsp3) is 0.900. The number of carboxylic acid groups (broad SMARTS) is 1. The first-order valence-corrected chi connectivity index (χ1v) is 5.44. The van der Waals surface area contributed by atoms with Gasteiger partial charge in [0, 0.05) is 33.2 Å². The van der Waals surface area contributed by atoms with Crippen LogP contribution in [-0.4, -0.2) is 67.4 Å². The monoisotopic (exact) mass is 218 g/mol. The molecule has 1 amide bonds. The quantitative estimate of drug-likeness (QED) is 0.766. The Morgan fingerprint density at radius 3 is 2.40 bits per heavy atom. The molecule has 15 heavy (non-hydrogen) atoms. The molecule has 0 aliphatic carbocycles. The van der Waals surface area contributed by atoms with Gasteiger partial charge in [-0.3, -0.25) is 4.90 Å². The normalized spacial score (nSPS) is 16.5. The van der Waals surface area contributed by atoms with Gasteiger partial charge in [0.05, 0.1) is 13.2 Å². The maximum atomic E-state index is 10.5. The summed E-state index contributed by atoms with van der Waals surface area (Å²) in [5.41, 5.74) is 0. The van der Waals surface area contributed by atoms with Crippen molar-refractivity contribution < 1.29 is 14.6 Å². The molecule has 1 aliphatic rings. The molecule has 5 nitrogen and oxygen atoms in total. The molecule has 0 spiro atoms. The van der Waals surface area contributed by atoms with Gasteiger partial charge >= 0.3 is 6.09 Å². The van der Waals surface area contributed by atoms with Crippen molar-refractivity contribution in [2.75, 3.05) is 46.4 Å². The van der Waals surface area contributed by atoms with E-state index in [1.165, 1.54) is 4.90 Å². The zero-order valence-corrected chi connectivity index (χ0v) is 9.90. The van der Waals surface area contributed by atoms with Crippen LogP contribution < -0.4 is 0 Å². The molecule has 1 heterocycles. The van der Waals surface area contributed by atoms with Crippen molar-refractivity contribution in [1.82, 2.24) is 9.80 Å². The van der Waals surface area contributed by atoms with Crippen molar-refractivity contribution in [3.8, 4) is 0 Å². The predicted molar refractivity (Wildman–Crippen MR) is 59.3 cm³/mol. The van der Waals surface area contributed by atoms with Crippen LogP contribution >= 0.6 is 0 Å². The average Bonchev–Trinajstić information content (AvgIpc) is 2.30. The summed E-state index contributed by atoms with van der Waals surface area (Å²) >= 11 is 0. The lowest BCUT2D eigenvalue weighted by Crippen LogP contribution is -2.41. The van der Waals surface area contributed by atoms with Gasteiger partial charge in [-0.15, -0.1) is 0 Å². The van der Waals surface area contributed by atoms with Crippen LogP contribution in [0, 0.1) is 0 Å². The predicted octanol–water partition coefficient (Wildman–Crippen LogP) is 0.955. The van der Waals surface area contributed by atoms with Crippen LogP contribution in [0.5, 0.6) is 0 Å². The molecule has 1 aliphatic heterocycles. The van der Waals surface area contributed by atoms with Crippen molar-refractivity contribution in [3.63, 3.8) is 0 Å². The molecule has 0 saturated carbocycles. The lowest BCUT2D eigenvalue weighted by molar-refractivity contribution is 0.0347. The molecule has 1 saturated heterocycles. The summed E-state index contributed by atoms with van der Waals surface area (Å²) in [6.45, 7) is 8.70. The van der Waals surface area contributed by atoms with E-state index < -0.39 is 6.09 Å². The minimum Gasteiger partial charge on any atom is -0.465 e. The Hall–Kier alpha value is -0.810. The molecule has 90 valence electrons. The topological polar surface area (TPSA) is 53.0 Å². The summed E-state index contributed by atoms with van der Waals surface area (Å²) in [4.78, 5) is 14.0. The van der Waals surface area contributed by atoms with Gasteiger partial charge in [0.25, 0.3) is 0 Å². The number of ether oxygens (including phenoxy) is 1. The van der Waals surface area contributed by atoms with Crippen molar-refractivity contribution in [2.24, 2.45) is 0 Å². The van der Waals surface area contributed by atoms with Crippen molar-refractivity contribution in [3.05, 3.63) is 0 Å². The minimum absolute atomic E-state index is 0.565. The summed E-state index contributed by atoms with van der Waals surface area (Å²) in [5.74, 6) is 0. The molecule has 0 atom stereocenters. The molecular formula is C10H22N2O3. The van der Waals surface area contributed by atoms with E-state index in [9.17, 15) is 4.79 Å². The molecule has 1 rings (SSSR count). The molecule has 0 unspecified atom stereocenters. The summed E-state index contributed by atoms with van der Waals surface area (Å²) in [6, 6.07) is 0. The molecule has 1 fully saturated rings. The van der Waals surface area contributed by atoms with E-state index in [-0.39, 0.29) is 0 Å². The van der Waals surface area contributed by atoms with E-state index in [1.807, 2.05) is 13.8 Å². The van der Waals surface area contributed by atoms with Crippen molar-refractivity contribution >= 4 is 6.09 Å². The molecule has 0 bridgehead atoms. The Morgan fingerprint density at radius 1 is 1.40 bits per heavy atom. The van der Waals surface area contributed by atoms with Crippen molar-refractivity contribution in [2.45, 2.75) is 13.8 Å². The summed E-state index contributed by atoms with van der Waals surface area (Å²) in [5, 5.41) is 8.59. The van der Waals surface area contributed by atoms with E-state index in [4.69, 9.17) is 9.84 Å². The fourth-order valence-corrected chi connectivity index (χ4v) is 1.21. The number of hydrogen-bond acceptors (Lipinski definition) is 3. The second-order valence-electron chi connectivity index (χ2n) is 3.16. The second-order valence-corrected chi connectivity index (χ2v) is 3.16. The first-order chi connectivity index (χ1) is 7.20. The highest BCUT2D eigenvalue weighted by Crippen LogP contribution is 1.96. The number of carbonyl (C=O) groups is 1. The Kier molecular flexibility index (Phi) is 8.04. The second kappa shape index (κ2) is 8.49. The Morgan fingerprint density at radius 2 is 1.93 bits per heavy atom. The van der Waals surface area contributed by atoms with Crippen LogP contribution in [0.4, 0.5) is 4.79 Å². The van der Waals surface area contributed by atoms with E-state index >= 15 is 0 Å². The number of rotatable bonds is 3. The van der Waals surface area contributed by atoms with E-state index in [1.54, 1.807) is 7.05 Å². The number of likely N-dealkylation sites (N-methyl/N-ethyl adjacent to an activating group) is 1. The summed E-state index contributed by atoms with van der Waals surface area (Å²) in [7, 11) is 1.59. The van der Waals surface area contributed by atoms with E-state index in [2.05, 4.69) is 4.90 Å². The average molecular weight is 218 g/mol. The van der Waals surface area contributed by atoms with E-state index in [0.29, 0.717) is 6.54 Å². The summed E-state index contributed by atoms with van der Waals surface area (Å²) < 4.78 is 5.18. The zero-order chi connectivity index (χ0) is 11.7. The van der Waals surface area contributed by atoms with Gasteiger partial charge in [0.15, 0.2) is 0 Å². The molecule has 0 aromatic heterocycles. The molecule has 0 aromatic rings. The van der Waals surface area contributed by atoms with Crippen LogP contribution in [0.3, 0.4) is 0 Å². The van der Waals surface area contributed by atoms with Crippen LogP contribution in [0.1, 0.15) is 13.8 Å². The van der Waals surface area contributed by atoms with Gasteiger partial charge in [0.2, 0.25) is 0 Å². The maximum absolute atomic E-state index is 10.5. The Balaban J connectivity index is 0.000000921. The van der Waals surface area contributed by atoms with Gasteiger partial charge < -0.3 is 14.7 Å². The molecule has 1 N–H and O–H groups in total. The lowest BCUT2D eigenvalue weighted by atomic mass is 10.4. The van der Waals surface area contributed by atoms with Gasteiger partial charge in [-0.25, -0.2) is 4.79 Å². The molecule has 0 radical (unpaired) electrons. The number of hydrogen-bond donors (Lipinski definition) is 1. The zero-order valence-electron chi connectivity index (χ0n) is 9.90. The largest absolute Gasteiger partial charge is 0.465 e. The Bertz CT molecular complexity index is 170. The van der Waals surface area contributed by atoms with Crippen LogP contribution in [-0.2, 0) is 4.74 Å². The van der Waals surface area contributed by atoms with Crippen LogP contribution in [0.2, 0.25) is 0 Å². The molecule has 0 aromatic carbocycles. The standard InChI is InChI=1S/C8H16N2O3.C2H6/c1-9(8(11)12)2-3-10-4-6-13-7-5-10;1-2/h2-7H2,1H3,(H,11,12);1-2H3. The third-order valence-corrected chi connectivity index (χ3v) is 2.18. The van der Waals surface area contributed by atoms with Crippen LogP contribution in [0.15, 0.2) is 0 Å².